The molecule has 1 aliphatic carbocycles. The summed E-state index contributed by atoms with van der Waals surface area (Å²) in [6, 6.07) is 2.74. The van der Waals surface area contributed by atoms with E-state index in [0.29, 0.717) is 5.13 Å². The van der Waals surface area contributed by atoms with Gasteiger partial charge in [-0.2, -0.15) is 0 Å². The van der Waals surface area contributed by atoms with Gasteiger partial charge in [0.2, 0.25) is 0 Å². The first-order chi connectivity index (χ1) is 11.7. The molecule has 0 spiro atoms. The third-order valence-electron chi connectivity index (χ3n) is 5.15. The lowest BCUT2D eigenvalue weighted by atomic mass is 9.94. The highest BCUT2D eigenvalue weighted by Gasteiger charge is 2.28. The molecule has 130 valence electrons. The summed E-state index contributed by atoms with van der Waals surface area (Å²) in [5, 5.41) is 4.59. The Morgan fingerprint density at radius 2 is 1.88 bits per heavy atom. The Kier molecular flexibility index (Phi) is 4.99. The van der Waals surface area contributed by atoms with Crippen molar-refractivity contribution in [3.05, 3.63) is 16.5 Å². The minimum atomic E-state index is 0.624. The third-order valence-corrected chi connectivity index (χ3v) is 7.44. The number of hydrogen-bond donors (Lipinski definition) is 1. The lowest BCUT2D eigenvalue weighted by Crippen LogP contribution is -2.50. The number of nitrogens with zero attached hydrogens (tertiary/aromatic N) is 3. The highest BCUT2D eigenvalue weighted by atomic mass is 35.5. The van der Waals surface area contributed by atoms with E-state index in [4.69, 9.17) is 17.3 Å². The van der Waals surface area contributed by atoms with E-state index in [-0.39, 0.29) is 0 Å². The number of hydrogen-bond acceptors (Lipinski definition) is 6. The molecule has 7 heteroatoms. The predicted octanol–water partition coefficient (Wildman–Crippen LogP) is 4.56. The molecular weight excluding hydrogens is 360 g/mol. The molecule has 4 rings (SSSR count). The van der Waals surface area contributed by atoms with Gasteiger partial charge in [0.05, 0.1) is 9.90 Å². The standard InChI is InChI=1S/C17H23ClN4S2/c18-13-6-11-23-15(13)14-16(24-17(19)20-14)22-9-7-21(8-10-22)12-4-2-1-3-5-12/h6,11-12H,1-5,7-10H2,(H2,19,20). The van der Waals surface area contributed by atoms with Crippen molar-refractivity contribution >= 4 is 44.4 Å². The Bertz CT molecular complexity index is 685. The second kappa shape index (κ2) is 7.20. The summed E-state index contributed by atoms with van der Waals surface area (Å²) in [4.78, 5) is 10.7. The summed E-state index contributed by atoms with van der Waals surface area (Å²) in [5.74, 6) is 0. The van der Waals surface area contributed by atoms with E-state index < -0.39 is 0 Å². The van der Waals surface area contributed by atoms with E-state index in [9.17, 15) is 0 Å². The molecule has 0 unspecified atom stereocenters. The Hall–Kier alpha value is -0.820. The van der Waals surface area contributed by atoms with E-state index in [1.54, 1.807) is 22.7 Å². The van der Waals surface area contributed by atoms with Crippen LogP contribution >= 0.6 is 34.3 Å². The van der Waals surface area contributed by atoms with Crippen LogP contribution in [-0.2, 0) is 0 Å². The zero-order valence-electron chi connectivity index (χ0n) is 13.7. The largest absolute Gasteiger partial charge is 0.375 e. The zero-order valence-corrected chi connectivity index (χ0v) is 16.1. The quantitative estimate of drug-likeness (QED) is 0.844. The van der Waals surface area contributed by atoms with Gasteiger partial charge >= 0.3 is 0 Å². The number of nitrogen functional groups attached to an aromatic ring is 1. The highest BCUT2D eigenvalue weighted by Crippen LogP contribution is 2.43. The Morgan fingerprint density at radius 1 is 1.12 bits per heavy atom. The van der Waals surface area contributed by atoms with Gasteiger partial charge in [0, 0.05) is 32.2 Å². The minimum Gasteiger partial charge on any atom is -0.375 e. The molecule has 0 bridgehead atoms. The van der Waals surface area contributed by atoms with Crippen LogP contribution < -0.4 is 10.6 Å². The first-order valence-electron chi connectivity index (χ1n) is 8.71. The maximum absolute atomic E-state index is 6.33. The summed E-state index contributed by atoms with van der Waals surface area (Å²) in [7, 11) is 0. The van der Waals surface area contributed by atoms with E-state index in [1.807, 2.05) is 11.4 Å². The molecule has 0 atom stereocenters. The maximum Gasteiger partial charge on any atom is 0.182 e. The Balaban J connectivity index is 1.49. The van der Waals surface area contributed by atoms with Gasteiger partial charge in [-0.25, -0.2) is 4.98 Å². The van der Waals surface area contributed by atoms with Crippen LogP contribution in [-0.4, -0.2) is 42.1 Å². The zero-order chi connectivity index (χ0) is 16.5. The number of anilines is 2. The van der Waals surface area contributed by atoms with E-state index in [1.165, 1.54) is 37.1 Å². The Morgan fingerprint density at radius 3 is 2.54 bits per heavy atom. The monoisotopic (exact) mass is 382 g/mol. The van der Waals surface area contributed by atoms with Crippen LogP contribution in [0.2, 0.25) is 5.02 Å². The summed E-state index contributed by atoms with van der Waals surface area (Å²) < 4.78 is 0. The summed E-state index contributed by atoms with van der Waals surface area (Å²) >= 11 is 9.55. The van der Waals surface area contributed by atoms with Crippen molar-refractivity contribution in [1.29, 1.82) is 0 Å². The van der Waals surface area contributed by atoms with Crippen molar-refractivity contribution in [2.24, 2.45) is 0 Å². The van der Waals surface area contributed by atoms with Gasteiger partial charge in [0.1, 0.15) is 10.7 Å². The van der Waals surface area contributed by atoms with Crippen LogP contribution in [0.3, 0.4) is 0 Å². The van der Waals surface area contributed by atoms with Crippen molar-refractivity contribution < 1.29 is 0 Å². The van der Waals surface area contributed by atoms with E-state index >= 15 is 0 Å². The SMILES string of the molecule is Nc1nc(-c2sccc2Cl)c(N2CCN(C3CCCCC3)CC2)s1. The molecule has 0 aromatic carbocycles. The van der Waals surface area contributed by atoms with Gasteiger partial charge in [-0.3, -0.25) is 4.90 Å². The summed E-state index contributed by atoms with van der Waals surface area (Å²) in [6.45, 7) is 4.38. The number of thiazole rings is 1. The summed E-state index contributed by atoms with van der Waals surface area (Å²) in [6.07, 6.45) is 6.98. The van der Waals surface area contributed by atoms with Gasteiger partial charge in [-0.1, -0.05) is 42.2 Å². The van der Waals surface area contributed by atoms with Crippen LogP contribution in [0.15, 0.2) is 11.4 Å². The molecule has 1 saturated carbocycles. The maximum atomic E-state index is 6.33. The van der Waals surface area contributed by atoms with E-state index in [2.05, 4.69) is 14.8 Å². The van der Waals surface area contributed by atoms with Gasteiger partial charge < -0.3 is 10.6 Å². The normalized spacial score (nSPS) is 20.6. The predicted molar refractivity (Wildman–Crippen MR) is 106 cm³/mol. The first kappa shape index (κ1) is 16.6. The molecular formula is C17H23ClN4S2. The lowest BCUT2D eigenvalue weighted by Gasteiger charge is -2.41. The fourth-order valence-corrected chi connectivity index (χ4v) is 5.98. The summed E-state index contributed by atoms with van der Waals surface area (Å²) in [5.41, 5.74) is 6.98. The molecule has 1 aliphatic heterocycles. The molecule has 0 amide bonds. The molecule has 2 fully saturated rings. The van der Waals surface area contributed by atoms with Crippen molar-refractivity contribution in [2.75, 3.05) is 36.8 Å². The van der Waals surface area contributed by atoms with Gasteiger partial charge in [0.15, 0.2) is 5.13 Å². The molecule has 24 heavy (non-hydrogen) atoms. The van der Waals surface area contributed by atoms with E-state index in [0.717, 1.165) is 47.8 Å². The fraction of sp³-hybridized carbons (Fsp3) is 0.588. The Labute approximate surface area is 156 Å². The number of halogens is 1. The number of nitrogens with two attached hydrogens (primary N) is 1. The van der Waals surface area contributed by atoms with Crippen molar-refractivity contribution in [2.45, 2.75) is 38.1 Å². The second-order valence-corrected chi connectivity index (χ2v) is 8.95. The highest BCUT2D eigenvalue weighted by molar-refractivity contribution is 7.21. The van der Waals surface area contributed by atoms with Crippen LogP contribution in [0.25, 0.3) is 10.6 Å². The number of piperazine rings is 1. The molecule has 4 nitrogen and oxygen atoms in total. The number of thiophene rings is 1. The van der Waals surface area contributed by atoms with Crippen LogP contribution in [0.5, 0.6) is 0 Å². The molecule has 2 N–H and O–H groups in total. The first-order valence-corrected chi connectivity index (χ1v) is 10.8. The fourth-order valence-electron chi connectivity index (χ4n) is 3.89. The van der Waals surface area contributed by atoms with Crippen molar-refractivity contribution in [1.82, 2.24) is 9.88 Å². The molecule has 3 heterocycles. The average molecular weight is 383 g/mol. The topological polar surface area (TPSA) is 45.4 Å². The van der Waals surface area contributed by atoms with Gasteiger partial charge in [-0.15, -0.1) is 11.3 Å². The molecule has 1 saturated heterocycles. The van der Waals surface area contributed by atoms with Crippen molar-refractivity contribution in [3.63, 3.8) is 0 Å². The smallest absolute Gasteiger partial charge is 0.182 e. The lowest BCUT2D eigenvalue weighted by molar-refractivity contribution is 0.148. The molecule has 2 aromatic rings. The number of rotatable bonds is 3. The van der Waals surface area contributed by atoms with Gasteiger partial charge in [-0.05, 0) is 24.3 Å². The van der Waals surface area contributed by atoms with Crippen LogP contribution in [0, 0.1) is 0 Å². The second-order valence-electron chi connectivity index (χ2n) is 6.62. The van der Waals surface area contributed by atoms with Gasteiger partial charge in [0.25, 0.3) is 0 Å². The molecule has 2 aliphatic rings. The van der Waals surface area contributed by atoms with Crippen LogP contribution in [0.4, 0.5) is 10.1 Å². The third kappa shape index (κ3) is 3.29. The minimum absolute atomic E-state index is 0.624. The number of aromatic nitrogens is 1. The van der Waals surface area contributed by atoms with Crippen LogP contribution in [0.1, 0.15) is 32.1 Å². The molecule has 0 radical (unpaired) electrons. The van der Waals surface area contributed by atoms with Crippen molar-refractivity contribution in [3.8, 4) is 10.6 Å². The average Bonchev–Trinajstić information content (AvgIpc) is 3.21. The molecule has 2 aromatic heterocycles.